The Balaban J connectivity index is 1.66. The number of carbonyl (C=O) groups is 2. The number of para-hydroxylation sites is 1. The number of nitrogens with zero attached hydrogens (tertiary/aromatic N) is 2. The molecule has 5 rings (SSSR count). The fourth-order valence-corrected chi connectivity index (χ4v) is 4.65. The molecule has 0 spiro atoms. The number of H-pyrrole nitrogens is 1. The van der Waals surface area contributed by atoms with Crippen molar-refractivity contribution in [3.8, 4) is 0 Å². The van der Waals surface area contributed by atoms with E-state index in [1.807, 2.05) is 63.2 Å². The van der Waals surface area contributed by atoms with E-state index in [0.717, 1.165) is 27.7 Å². The number of aromatic amines is 1. The molecule has 5 heteroatoms. The van der Waals surface area contributed by atoms with Crippen LogP contribution >= 0.6 is 0 Å². The highest BCUT2D eigenvalue weighted by Gasteiger charge is 2.55. The second-order valence-electron chi connectivity index (χ2n) is 7.97. The van der Waals surface area contributed by atoms with Crippen LogP contribution in [0.3, 0.4) is 0 Å². The maximum atomic E-state index is 13.3. The number of carbonyl (C=O) groups excluding carboxylic acids is 2. The quantitative estimate of drug-likeness (QED) is 0.665. The molecule has 3 heterocycles. The molecular formula is C22H21N3O2. The Kier molecular flexibility index (Phi) is 3.12. The van der Waals surface area contributed by atoms with Crippen LogP contribution in [0, 0.1) is 6.92 Å². The maximum Gasteiger partial charge on any atom is 0.332 e. The second kappa shape index (κ2) is 5.22. The van der Waals surface area contributed by atoms with Gasteiger partial charge in [-0.3, -0.25) is 4.79 Å². The highest BCUT2D eigenvalue weighted by molar-refractivity contribution is 6.22. The normalized spacial score (nSPS) is 20.9. The number of imide groups is 1. The Hall–Kier alpha value is -3.08. The molecule has 3 amide bonds. The van der Waals surface area contributed by atoms with Crippen LogP contribution in [0.25, 0.3) is 10.9 Å². The summed E-state index contributed by atoms with van der Waals surface area (Å²) in [5.74, 6) is -0.144. The van der Waals surface area contributed by atoms with Gasteiger partial charge in [0, 0.05) is 23.0 Å². The number of hydrogen-bond donors (Lipinski definition) is 1. The molecule has 2 aliphatic heterocycles. The van der Waals surface area contributed by atoms with Crippen molar-refractivity contribution in [3.63, 3.8) is 0 Å². The van der Waals surface area contributed by atoms with Crippen molar-refractivity contribution >= 4 is 28.5 Å². The summed E-state index contributed by atoms with van der Waals surface area (Å²) in [6.45, 7) is 5.99. The molecule has 2 aromatic carbocycles. The number of rotatable bonds is 1. The monoisotopic (exact) mass is 359 g/mol. The molecular weight excluding hydrogens is 338 g/mol. The van der Waals surface area contributed by atoms with E-state index in [9.17, 15) is 9.59 Å². The van der Waals surface area contributed by atoms with Gasteiger partial charge < -0.3 is 9.88 Å². The molecule has 1 atom stereocenters. The van der Waals surface area contributed by atoms with Crippen LogP contribution in [0.15, 0.2) is 48.5 Å². The highest BCUT2D eigenvalue weighted by atomic mass is 16.2. The summed E-state index contributed by atoms with van der Waals surface area (Å²) in [7, 11) is 0. The minimum Gasteiger partial charge on any atom is -0.356 e. The molecule has 3 aromatic rings. The average Bonchev–Trinajstić information content (AvgIpc) is 3.12. The number of anilines is 1. The number of aromatic nitrogens is 1. The van der Waals surface area contributed by atoms with Gasteiger partial charge in [-0.05, 0) is 50.1 Å². The molecule has 1 N–H and O–H groups in total. The van der Waals surface area contributed by atoms with Crippen LogP contribution in [0.2, 0.25) is 0 Å². The van der Waals surface area contributed by atoms with Gasteiger partial charge in [0.1, 0.15) is 6.04 Å². The fraction of sp³-hybridized carbons (Fsp3) is 0.273. The number of amides is 3. The predicted octanol–water partition coefficient (Wildman–Crippen LogP) is 4.10. The largest absolute Gasteiger partial charge is 0.356 e. The van der Waals surface area contributed by atoms with Crippen molar-refractivity contribution in [2.75, 3.05) is 4.90 Å². The van der Waals surface area contributed by atoms with E-state index in [2.05, 4.69) is 11.1 Å². The summed E-state index contributed by atoms with van der Waals surface area (Å²) >= 11 is 0. The molecule has 5 nitrogen and oxygen atoms in total. The van der Waals surface area contributed by atoms with Crippen LogP contribution < -0.4 is 4.90 Å². The summed E-state index contributed by atoms with van der Waals surface area (Å²) in [5.41, 5.74) is 4.28. The van der Waals surface area contributed by atoms with Gasteiger partial charge in [-0.1, -0.05) is 30.3 Å². The first-order valence-electron chi connectivity index (χ1n) is 9.23. The van der Waals surface area contributed by atoms with Crippen LogP contribution in [-0.4, -0.2) is 27.9 Å². The molecule has 1 aromatic heterocycles. The molecule has 0 bridgehead atoms. The Labute approximate surface area is 157 Å². The molecule has 1 unspecified atom stereocenters. The van der Waals surface area contributed by atoms with E-state index in [1.54, 1.807) is 4.90 Å². The lowest BCUT2D eigenvalue weighted by molar-refractivity contribution is -0.121. The highest BCUT2D eigenvalue weighted by Crippen LogP contribution is 2.45. The van der Waals surface area contributed by atoms with Crippen LogP contribution in [-0.2, 0) is 16.8 Å². The van der Waals surface area contributed by atoms with E-state index in [-0.39, 0.29) is 11.9 Å². The van der Waals surface area contributed by atoms with E-state index < -0.39 is 11.6 Å². The summed E-state index contributed by atoms with van der Waals surface area (Å²) in [6.07, 6.45) is 0.537. The lowest BCUT2D eigenvalue weighted by Gasteiger charge is -2.42. The van der Waals surface area contributed by atoms with Gasteiger partial charge in [0.25, 0.3) is 5.91 Å². The Bertz CT molecular complexity index is 1110. The van der Waals surface area contributed by atoms with Crippen molar-refractivity contribution in [3.05, 3.63) is 65.4 Å². The van der Waals surface area contributed by atoms with Crippen molar-refractivity contribution in [1.29, 1.82) is 0 Å². The molecule has 0 radical (unpaired) electrons. The smallest absolute Gasteiger partial charge is 0.332 e. The third-order valence-corrected chi connectivity index (χ3v) is 5.90. The first-order chi connectivity index (χ1) is 12.9. The lowest BCUT2D eigenvalue weighted by Crippen LogP contribution is -2.52. The molecule has 1 saturated heterocycles. The lowest BCUT2D eigenvalue weighted by atomic mass is 9.85. The van der Waals surface area contributed by atoms with Gasteiger partial charge in [0.15, 0.2) is 0 Å². The third-order valence-electron chi connectivity index (χ3n) is 5.90. The van der Waals surface area contributed by atoms with Gasteiger partial charge in [-0.15, -0.1) is 0 Å². The molecule has 0 aliphatic carbocycles. The van der Waals surface area contributed by atoms with Crippen molar-refractivity contribution in [2.45, 2.75) is 38.8 Å². The zero-order valence-corrected chi connectivity index (χ0v) is 15.6. The topological polar surface area (TPSA) is 56.4 Å². The summed E-state index contributed by atoms with van der Waals surface area (Å²) in [6, 6.07) is 15.0. The minimum atomic E-state index is -0.595. The number of fused-ring (bicyclic) bond motifs is 4. The van der Waals surface area contributed by atoms with Crippen LogP contribution in [0.1, 0.15) is 30.7 Å². The summed E-state index contributed by atoms with van der Waals surface area (Å²) < 4.78 is 0. The third kappa shape index (κ3) is 2.05. The first kappa shape index (κ1) is 16.1. The first-order valence-corrected chi connectivity index (χ1v) is 9.23. The number of aryl methyl sites for hydroxylation is 1. The predicted molar refractivity (Wildman–Crippen MR) is 105 cm³/mol. The number of urea groups is 1. The molecule has 27 heavy (non-hydrogen) atoms. The molecule has 0 saturated carbocycles. The van der Waals surface area contributed by atoms with Gasteiger partial charge in [-0.25, -0.2) is 9.69 Å². The Morgan fingerprint density at radius 3 is 2.63 bits per heavy atom. The minimum absolute atomic E-state index is 0.144. The zero-order chi connectivity index (χ0) is 18.9. The summed E-state index contributed by atoms with van der Waals surface area (Å²) in [4.78, 5) is 33.2. The number of hydrogen-bond acceptors (Lipinski definition) is 2. The van der Waals surface area contributed by atoms with E-state index in [1.165, 1.54) is 4.90 Å². The Morgan fingerprint density at radius 1 is 1.07 bits per heavy atom. The number of benzene rings is 2. The summed E-state index contributed by atoms with van der Waals surface area (Å²) in [5, 5.41) is 1.13. The fourth-order valence-electron chi connectivity index (χ4n) is 4.65. The average molecular weight is 359 g/mol. The van der Waals surface area contributed by atoms with E-state index >= 15 is 0 Å². The van der Waals surface area contributed by atoms with Gasteiger partial charge in [0.05, 0.1) is 11.2 Å². The van der Waals surface area contributed by atoms with Crippen LogP contribution in [0.4, 0.5) is 10.5 Å². The van der Waals surface area contributed by atoms with Gasteiger partial charge >= 0.3 is 6.03 Å². The van der Waals surface area contributed by atoms with Gasteiger partial charge in [0.2, 0.25) is 0 Å². The standard InChI is InChI=1S/C22H21N3O2/c1-13-7-6-8-14(11-13)24-20(26)18-12-16-15-9-4-5-10-17(15)23-19(16)22(2,3)25(18)21(24)27/h4-11,18,23H,12H2,1-3H3. The van der Waals surface area contributed by atoms with Gasteiger partial charge in [-0.2, -0.15) is 0 Å². The zero-order valence-electron chi connectivity index (χ0n) is 15.6. The SMILES string of the molecule is Cc1cccc(N2C(=O)C3Cc4c([nH]c5ccccc45)C(C)(C)N3C2=O)c1. The van der Waals surface area contributed by atoms with Crippen molar-refractivity contribution < 1.29 is 9.59 Å². The van der Waals surface area contributed by atoms with Crippen molar-refractivity contribution in [2.24, 2.45) is 0 Å². The maximum absolute atomic E-state index is 13.3. The Morgan fingerprint density at radius 2 is 1.85 bits per heavy atom. The van der Waals surface area contributed by atoms with Crippen LogP contribution in [0.5, 0.6) is 0 Å². The molecule has 136 valence electrons. The second-order valence-corrected chi connectivity index (χ2v) is 7.97. The van der Waals surface area contributed by atoms with E-state index in [0.29, 0.717) is 12.1 Å². The number of nitrogens with one attached hydrogen (secondary N) is 1. The molecule has 1 fully saturated rings. The van der Waals surface area contributed by atoms with Crippen molar-refractivity contribution in [1.82, 2.24) is 9.88 Å². The van der Waals surface area contributed by atoms with E-state index in [4.69, 9.17) is 0 Å². The molecule has 2 aliphatic rings.